The number of amides is 1. The van der Waals surface area contributed by atoms with Crippen LogP contribution in [0.1, 0.15) is 33.9 Å². The maximum absolute atomic E-state index is 13.1. The molecule has 0 aliphatic carbocycles. The standard InChI is InChI=1S/C24H20F3N3O2/c25-24(26,27)20-6-2-4-17(13-20)21(9-10-31)29-23(32)18-5-1-3-15(11-18)16-7-8-22-19(12-16)14-28-30-22/h1-8,11-14,21,31H,9-10H2,(H,28,30)(H,29,32). The number of carbonyl (C=O) groups excluding carboxylic acids is 1. The molecular formula is C24H20F3N3O2. The highest BCUT2D eigenvalue weighted by Gasteiger charge is 2.31. The Morgan fingerprint density at radius 3 is 2.59 bits per heavy atom. The molecule has 0 radical (unpaired) electrons. The van der Waals surface area contributed by atoms with E-state index in [9.17, 15) is 23.1 Å². The summed E-state index contributed by atoms with van der Waals surface area (Å²) in [4.78, 5) is 12.9. The third-order valence-corrected chi connectivity index (χ3v) is 5.24. The normalized spacial score (nSPS) is 12.6. The molecule has 3 N–H and O–H groups in total. The first-order valence-corrected chi connectivity index (χ1v) is 9.97. The van der Waals surface area contributed by atoms with Gasteiger partial charge in [0.15, 0.2) is 0 Å². The van der Waals surface area contributed by atoms with E-state index in [-0.39, 0.29) is 18.6 Å². The minimum absolute atomic E-state index is 0.0872. The van der Waals surface area contributed by atoms with Crippen molar-refractivity contribution < 1.29 is 23.1 Å². The van der Waals surface area contributed by atoms with Crippen molar-refractivity contribution in [3.8, 4) is 11.1 Å². The van der Waals surface area contributed by atoms with Gasteiger partial charge in [0.05, 0.1) is 23.3 Å². The summed E-state index contributed by atoms with van der Waals surface area (Å²) in [6.07, 6.45) is -2.69. The van der Waals surface area contributed by atoms with Crippen molar-refractivity contribution in [3.63, 3.8) is 0 Å². The van der Waals surface area contributed by atoms with E-state index in [0.717, 1.165) is 34.2 Å². The number of aliphatic hydroxyl groups excluding tert-OH is 1. The van der Waals surface area contributed by atoms with Gasteiger partial charge >= 0.3 is 6.18 Å². The molecule has 0 bridgehead atoms. The number of aromatic amines is 1. The first-order valence-electron chi connectivity index (χ1n) is 9.97. The van der Waals surface area contributed by atoms with Crippen molar-refractivity contribution in [2.45, 2.75) is 18.6 Å². The molecule has 1 amide bonds. The third-order valence-electron chi connectivity index (χ3n) is 5.24. The van der Waals surface area contributed by atoms with E-state index < -0.39 is 23.7 Å². The van der Waals surface area contributed by atoms with Crippen LogP contribution in [0, 0.1) is 0 Å². The molecule has 1 atom stereocenters. The van der Waals surface area contributed by atoms with Crippen LogP contribution in [0.4, 0.5) is 13.2 Å². The first-order chi connectivity index (χ1) is 15.3. The zero-order chi connectivity index (χ0) is 22.7. The SMILES string of the molecule is O=C(NC(CCO)c1cccc(C(F)(F)F)c1)c1cccc(-c2ccc3[nH]ncc3c2)c1. The Labute approximate surface area is 181 Å². The molecule has 1 heterocycles. The average Bonchev–Trinajstić information content (AvgIpc) is 3.26. The number of aliphatic hydroxyl groups is 1. The molecular weight excluding hydrogens is 419 g/mol. The third kappa shape index (κ3) is 4.65. The van der Waals surface area contributed by atoms with Gasteiger partial charge in [0, 0.05) is 17.6 Å². The highest BCUT2D eigenvalue weighted by molar-refractivity contribution is 5.96. The summed E-state index contributed by atoms with van der Waals surface area (Å²) in [5.41, 5.74) is 2.46. The van der Waals surface area contributed by atoms with Gasteiger partial charge < -0.3 is 10.4 Å². The summed E-state index contributed by atoms with van der Waals surface area (Å²) in [6, 6.07) is 16.7. The molecule has 32 heavy (non-hydrogen) atoms. The van der Waals surface area contributed by atoms with Gasteiger partial charge in [-0.25, -0.2) is 0 Å². The van der Waals surface area contributed by atoms with E-state index in [1.807, 2.05) is 24.3 Å². The van der Waals surface area contributed by atoms with E-state index in [4.69, 9.17) is 0 Å². The van der Waals surface area contributed by atoms with Crippen LogP contribution in [0.15, 0.2) is 72.9 Å². The smallest absolute Gasteiger partial charge is 0.396 e. The topological polar surface area (TPSA) is 78.0 Å². The number of carbonyl (C=O) groups is 1. The number of benzene rings is 3. The predicted molar refractivity (Wildman–Crippen MR) is 115 cm³/mol. The number of H-pyrrole nitrogens is 1. The van der Waals surface area contributed by atoms with Gasteiger partial charge in [0.2, 0.25) is 0 Å². The number of fused-ring (bicyclic) bond motifs is 1. The second-order valence-electron chi connectivity index (χ2n) is 7.41. The Kier molecular flexibility index (Phi) is 5.96. The van der Waals surface area contributed by atoms with E-state index in [0.29, 0.717) is 5.56 Å². The molecule has 4 aromatic rings. The summed E-state index contributed by atoms with van der Waals surface area (Å²) in [5.74, 6) is -0.438. The fraction of sp³-hybridized carbons (Fsp3) is 0.167. The Bertz CT molecular complexity index is 1250. The maximum Gasteiger partial charge on any atom is 0.416 e. The fourth-order valence-electron chi connectivity index (χ4n) is 3.59. The molecule has 0 fully saturated rings. The van der Waals surface area contributed by atoms with Crippen LogP contribution in [-0.4, -0.2) is 27.8 Å². The summed E-state index contributed by atoms with van der Waals surface area (Å²) >= 11 is 0. The largest absolute Gasteiger partial charge is 0.416 e. The van der Waals surface area contributed by atoms with Crippen molar-refractivity contribution in [1.29, 1.82) is 0 Å². The lowest BCUT2D eigenvalue weighted by atomic mass is 9.99. The fourth-order valence-corrected chi connectivity index (χ4v) is 3.59. The van der Waals surface area contributed by atoms with Crippen molar-refractivity contribution in [3.05, 3.63) is 89.6 Å². The summed E-state index contributed by atoms with van der Waals surface area (Å²) in [7, 11) is 0. The van der Waals surface area contributed by atoms with Gasteiger partial charge in [0.1, 0.15) is 0 Å². The van der Waals surface area contributed by atoms with Crippen LogP contribution in [0.25, 0.3) is 22.0 Å². The lowest BCUT2D eigenvalue weighted by Crippen LogP contribution is -2.29. The van der Waals surface area contributed by atoms with Gasteiger partial charge in [-0.05, 0) is 59.5 Å². The number of halogens is 3. The molecule has 4 rings (SSSR count). The molecule has 0 spiro atoms. The van der Waals surface area contributed by atoms with Gasteiger partial charge in [-0.2, -0.15) is 18.3 Å². The van der Waals surface area contributed by atoms with E-state index in [2.05, 4.69) is 15.5 Å². The Balaban J connectivity index is 1.58. The summed E-state index contributed by atoms with van der Waals surface area (Å²) in [5, 5.41) is 20.0. The average molecular weight is 439 g/mol. The monoisotopic (exact) mass is 439 g/mol. The van der Waals surface area contributed by atoms with Crippen molar-refractivity contribution >= 4 is 16.8 Å². The highest BCUT2D eigenvalue weighted by atomic mass is 19.4. The number of rotatable bonds is 6. The van der Waals surface area contributed by atoms with Crippen LogP contribution in [0.2, 0.25) is 0 Å². The number of nitrogens with one attached hydrogen (secondary N) is 2. The molecule has 8 heteroatoms. The number of alkyl halides is 3. The van der Waals surface area contributed by atoms with Crippen LogP contribution in [0.5, 0.6) is 0 Å². The molecule has 3 aromatic carbocycles. The minimum atomic E-state index is -4.49. The van der Waals surface area contributed by atoms with E-state index in [1.165, 1.54) is 12.1 Å². The van der Waals surface area contributed by atoms with Crippen LogP contribution < -0.4 is 5.32 Å². The van der Waals surface area contributed by atoms with Crippen LogP contribution in [-0.2, 0) is 6.18 Å². The van der Waals surface area contributed by atoms with Gasteiger partial charge in [-0.1, -0.05) is 30.3 Å². The number of aromatic nitrogens is 2. The highest BCUT2D eigenvalue weighted by Crippen LogP contribution is 2.31. The minimum Gasteiger partial charge on any atom is -0.396 e. The van der Waals surface area contributed by atoms with Crippen molar-refractivity contribution in [1.82, 2.24) is 15.5 Å². The van der Waals surface area contributed by atoms with Crippen LogP contribution in [0.3, 0.4) is 0 Å². The van der Waals surface area contributed by atoms with E-state index >= 15 is 0 Å². The van der Waals surface area contributed by atoms with Gasteiger partial charge in [0.25, 0.3) is 5.91 Å². The molecule has 0 aliphatic heterocycles. The zero-order valence-corrected chi connectivity index (χ0v) is 16.9. The van der Waals surface area contributed by atoms with Gasteiger partial charge in [-0.3, -0.25) is 9.89 Å². The second-order valence-corrected chi connectivity index (χ2v) is 7.41. The van der Waals surface area contributed by atoms with Gasteiger partial charge in [-0.15, -0.1) is 0 Å². The number of nitrogens with zero attached hydrogens (tertiary/aromatic N) is 1. The molecule has 1 aromatic heterocycles. The molecule has 0 aliphatic rings. The summed E-state index contributed by atoms with van der Waals surface area (Å²) in [6.45, 7) is -0.286. The molecule has 1 unspecified atom stereocenters. The Morgan fingerprint density at radius 1 is 1.03 bits per heavy atom. The Hall–Kier alpha value is -3.65. The molecule has 5 nitrogen and oxygen atoms in total. The lowest BCUT2D eigenvalue weighted by molar-refractivity contribution is -0.137. The zero-order valence-electron chi connectivity index (χ0n) is 16.9. The number of hydrogen-bond donors (Lipinski definition) is 3. The predicted octanol–water partition coefficient (Wildman–Crippen LogP) is 5.10. The molecule has 0 saturated carbocycles. The lowest BCUT2D eigenvalue weighted by Gasteiger charge is -2.20. The maximum atomic E-state index is 13.1. The van der Waals surface area contributed by atoms with Crippen LogP contribution >= 0.6 is 0 Å². The first kappa shape index (κ1) is 21.6. The quantitative estimate of drug-likeness (QED) is 0.391. The van der Waals surface area contributed by atoms with Crippen molar-refractivity contribution in [2.75, 3.05) is 6.61 Å². The second kappa shape index (κ2) is 8.84. The number of hydrogen-bond acceptors (Lipinski definition) is 3. The molecule has 0 saturated heterocycles. The summed E-state index contributed by atoms with van der Waals surface area (Å²) < 4.78 is 39.3. The van der Waals surface area contributed by atoms with Crippen molar-refractivity contribution in [2.24, 2.45) is 0 Å². The Morgan fingerprint density at radius 2 is 1.81 bits per heavy atom. The molecule has 164 valence electrons. The van der Waals surface area contributed by atoms with E-state index in [1.54, 1.807) is 24.4 Å².